The summed E-state index contributed by atoms with van der Waals surface area (Å²) in [5.74, 6) is 0.955. The second-order valence-electron chi connectivity index (χ2n) is 7.92. The first-order valence-corrected chi connectivity index (χ1v) is 9.15. The molecule has 2 saturated carbocycles. The van der Waals surface area contributed by atoms with E-state index in [1.807, 2.05) is 0 Å². The third kappa shape index (κ3) is 2.54. The van der Waals surface area contributed by atoms with E-state index in [0.29, 0.717) is 11.1 Å². The zero-order chi connectivity index (χ0) is 14.2. The van der Waals surface area contributed by atoms with Crippen LogP contribution in [0.1, 0.15) is 78.6 Å². The van der Waals surface area contributed by atoms with Gasteiger partial charge >= 0.3 is 0 Å². The van der Waals surface area contributed by atoms with Gasteiger partial charge in [-0.3, -0.25) is 4.90 Å². The molecule has 0 aromatic rings. The topological polar surface area (TPSA) is 15.3 Å². The van der Waals surface area contributed by atoms with Crippen LogP contribution in [0.3, 0.4) is 0 Å². The van der Waals surface area contributed by atoms with Crippen LogP contribution in [0, 0.1) is 5.92 Å². The van der Waals surface area contributed by atoms with Gasteiger partial charge in [0.25, 0.3) is 0 Å². The van der Waals surface area contributed by atoms with Gasteiger partial charge in [0.15, 0.2) is 0 Å². The highest BCUT2D eigenvalue weighted by Gasteiger charge is 2.53. The summed E-state index contributed by atoms with van der Waals surface area (Å²) in [7, 11) is 0. The number of hydrogen-bond donors (Lipinski definition) is 1. The van der Waals surface area contributed by atoms with Crippen molar-refractivity contribution in [1.82, 2.24) is 10.2 Å². The van der Waals surface area contributed by atoms with Crippen molar-refractivity contribution in [2.24, 2.45) is 5.92 Å². The number of piperazine rings is 1. The Labute approximate surface area is 125 Å². The number of hydrogen-bond acceptors (Lipinski definition) is 2. The Hall–Kier alpha value is -0.0800. The maximum atomic E-state index is 4.04. The summed E-state index contributed by atoms with van der Waals surface area (Å²) in [5, 5.41) is 4.04. The normalized spacial score (nSPS) is 34.8. The Bertz CT molecular complexity index is 326. The average Bonchev–Trinajstić information content (AvgIpc) is 3.30. The maximum Gasteiger partial charge on any atom is 0.0337 e. The molecule has 20 heavy (non-hydrogen) atoms. The summed E-state index contributed by atoms with van der Waals surface area (Å²) in [4.78, 5) is 2.95. The summed E-state index contributed by atoms with van der Waals surface area (Å²) < 4.78 is 0. The van der Waals surface area contributed by atoms with Crippen LogP contribution in [0.25, 0.3) is 0 Å². The van der Waals surface area contributed by atoms with E-state index < -0.39 is 0 Å². The van der Waals surface area contributed by atoms with E-state index in [0.717, 1.165) is 12.0 Å². The van der Waals surface area contributed by atoms with E-state index >= 15 is 0 Å². The molecule has 116 valence electrons. The molecule has 1 N–H and O–H groups in total. The smallest absolute Gasteiger partial charge is 0.0337 e. The first kappa shape index (κ1) is 14.8. The molecule has 3 rings (SSSR count). The Kier molecular flexibility index (Phi) is 4.16. The minimum atomic E-state index is 0.430. The number of nitrogens with zero attached hydrogens (tertiary/aromatic N) is 1. The lowest BCUT2D eigenvalue weighted by Crippen LogP contribution is -2.72. The minimum Gasteiger partial charge on any atom is -0.308 e. The van der Waals surface area contributed by atoms with Gasteiger partial charge in [-0.25, -0.2) is 0 Å². The van der Waals surface area contributed by atoms with Gasteiger partial charge in [-0.05, 0) is 51.4 Å². The second-order valence-corrected chi connectivity index (χ2v) is 7.92. The molecule has 2 nitrogen and oxygen atoms in total. The third-order valence-corrected chi connectivity index (χ3v) is 6.60. The van der Waals surface area contributed by atoms with Crippen LogP contribution in [0.4, 0.5) is 0 Å². The fourth-order valence-corrected chi connectivity index (χ4v) is 4.95. The highest BCUT2D eigenvalue weighted by molar-refractivity contribution is 5.10. The Balaban J connectivity index is 1.81. The fourth-order valence-electron chi connectivity index (χ4n) is 4.95. The molecule has 3 fully saturated rings. The van der Waals surface area contributed by atoms with E-state index in [-0.39, 0.29) is 0 Å². The van der Waals surface area contributed by atoms with Gasteiger partial charge in [0, 0.05) is 30.2 Å². The van der Waals surface area contributed by atoms with E-state index in [1.165, 1.54) is 70.9 Å². The summed E-state index contributed by atoms with van der Waals surface area (Å²) in [5.41, 5.74) is 0.884. The van der Waals surface area contributed by atoms with Crippen molar-refractivity contribution in [2.75, 3.05) is 13.1 Å². The van der Waals surface area contributed by atoms with Gasteiger partial charge < -0.3 is 5.32 Å². The van der Waals surface area contributed by atoms with Gasteiger partial charge in [-0.2, -0.15) is 0 Å². The zero-order valence-corrected chi connectivity index (χ0v) is 13.9. The molecule has 0 bridgehead atoms. The first-order chi connectivity index (χ1) is 9.63. The second kappa shape index (κ2) is 5.61. The van der Waals surface area contributed by atoms with Crippen molar-refractivity contribution in [2.45, 2.75) is 95.7 Å². The lowest BCUT2D eigenvalue weighted by Gasteiger charge is -2.57. The van der Waals surface area contributed by atoms with Crippen LogP contribution in [-0.2, 0) is 0 Å². The number of rotatable bonds is 4. The van der Waals surface area contributed by atoms with Crippen molar-refractivity contribution < 1.29 is 0 Å². The Morgan fingerprint density at radius 2 is 1.75 bits per heavy atom. The molecule has 0 radical (unpaired) electrons. The molecule has 2 heteroatoms. The third-order valence-electron chi connectivity index (χ3n) is 6.60. The molecule has 3 aliphatic rings. The first-order valence-electron chi connectivity index (χ1n) is 9.15. The van der Waals surface area contributed by atoms with Crippen LogP contribution in [0.2, 0.25) is 0 Å². The summed E-state index contributed by atoms with van der Waals surface area (Å²) >= 11 is 0. The zero-order valence-electron chi connectivity index (χ0n) is 13.9. The predicted molar refractivity (Wildman–Crippen MR) is 86.0 cm³/mol. The molecule has 0 aromatic heterocycles. The lowest BCUT2D eigenvalue weighted by molar-refractivity contribution is -0.0426. The van der Waals surface area contributed by atoms with Crippen LogP contribution in [0.15, 0.2) is 0 Å². The van der Waals surface area contributed by atoms with Crippen molar-refractivity contribution in [3.63, 3.8) is 0 Å². The largest absolute Gasteiger partial charge is 0.308 e. The monoisotopic (exact) mass is 278 g/mol. The van der Waals surface area contributed by atoms with Crippen LogP contribution in [-0.4, -0.2) is 35.1 Å². The Morgan fingerprint density at radius 3 is 2.30 bits per heavy atom. The van der Waals surface area contributed by atoms with Gasteiger partial charge in [0.2, 0.25) is 0 Å². The van der Waals surface area contributed by atoms with E-state index in [2.05, 4.69) is 31.0 Å². The standard InChI is InChI=1S/C18H34N2/c1-4-16(5-2)20-14-18(11-7-6-8-12-18)19-13-17(20,3)15-9-10-15/h15-16,19H,4-14H2,1-3H3. The average molecular weight is 278 g/mol. The van der Waals surface area contributed by atoms with Crippen molar-refractivity contribution in [3.05, 3.63) is 0 Å². The Morgan fingerprint density at radius 1 is 1.10 bits per heavy atom. The molecule has 0 amide bonds. The molecule has 1 aliphatic heterocycles. The van der Waals surface area contributed by atoms with E-state index in [1.54, 1.807) is 0 Å². The fraction of sp³-hybridized carbons (Fsp3) is 1.00. The molecule has 2 aliphatic carbocycles. The summed E-state index contributed by atoms with van der Waals surface area (Å²) in [6, 6.07) is 0.793. The molecule has 1 atom stereocenters. The quantitative estimate of drug-likeness (QED) is 0.837. The van der Waals surface area contributed by atoms with Gasteiger partial charge in [0.1, 0.15) is 0 Å². The summed E-state index contributed by atoms with van der Waals surface area (Å²) in [6.45, 7) is 9.86. The van der Waals surface area contributed by atoms with Gasteiger partial charge in [-0.15, -0.1) is 0 Å². The highest BCUT2D eigenvalue weighted by Crippen LogP contribution is 2.47. The van der Waals surface area contributed by atoms with Gasteiger partial charge in [-0.1, -0.05) is 33.1 Å². The van der Waals surface area contributed by atoms with Crippen LogP contribution < -0.4 is 5.32 Å². The molecule has 0 aromatic carbocycles. The molecule has 1 saturated heterocycles. The minimum absolute atomic E-state index is 0.430. The van der Waals surface area contributed by atoms with Crippen molar-refractivity contribution in [1.29, 1.82) is 0 Å². The molecule has 1 unspecified atom stereocenters. The van der Waals surface area contributed by atoms with Gasteiger partial charge in [0.05, 0.1) is 0 Å². The lowest BCUT2D eigenvalue weighted by atomic mass is 9.75. The number of nitrogens with one attached hydrogen (secondary N) is 1. The van der Waals surface area contributed by atoms with Crippen molar-refractivity contribution in [3.8, 4) is 0 Å². The van der Waals surface area contributed by atoms with E-state index in [4.69, 9.17) is 0 Å². The molecule has 1 spiro atoms. The highest BCUT2D eigenvalue weighted by atomic mass is 15.3. The van der Waals surface area contributed by atoms with Crippen LogP contribution >= 0.6 is 0 Å². The van der Waals surface area contributed by atoms with E-state index in [9.17, 15) is 0 Å². The summed E-state index contributed by atoms with van der Waals surface area (Å²) in [6.07, 6.45) is 12.7. The SMILES string of the molecule is CCC(CC)N1CC2(CCCCC2)NCC1(C)C1CC1. The predicted octanol–water partition coefficient (Wildman–Crippen LogP) is 3.95. The van der Waals surface area contributed by atoms with Crippen molar-refractivity contribution >= 4 is 0 Å². The molecular formula is C18H34N2. The molecule has 1 heterocycles. The maximum absolute atomic E-state index is 4.04. The molecular weight excluding hydrogens is 244 g/mol. The van der Waals surface area contributed by atoms with Crippen LogP contribution in [0.5, 0.6) is 0 Å².